The van der Waals surface area contributed by atoms with Crippen LogP contribution in [0, 0.1) is 11.3 Å². The molecule has 0 radical (unpaired) electrons. The summed E-state index contributed by atoms with van der Waals surface area (Å²) in [5.74, 6) is -0.644. The molecule has 9 heteroatoms. The Morgan fingerprint density at radius 2 is 1.68 bits per heavy atom. The number of carbonyl (C=O) groups excluding carboxylic acids is 2. The van der Waals surface area contributed by atoms with E-state index in [1.165, 1.54) is 24.4 Å². The van der Waals surface area contributed by atoms with Crippen molar-refractivity contribution < 1.29 is 9.59 Å². The minimum absolute atomic E-state index is 0.162. The van der Waals surface area contributed by atoms with Crippen molar-refractivity contribution in [2.45, 2.75) is 0 Å². The number of pyridine rings is 1. The Balaban J connectivity index is 1.98. The Bertz CT molecular complexity index is 1170. The highest BCUT2D eigenvalue weighted by Crippen LogP contribution is 2.33. The fourth-order valence-corrected chi connectivity index (χ4v) is 3.10. The van der Waals surface area contributed by atoms with Gasteiger partial charge in [-0.2, -0.15) is 5.26 Å². The summed E-state index contributed by atoms with van der Waals surface area (Å²) in [7, 11) is 3.54. The summed E-state index contributed by atoms with van der Waals surface area (Å²) in [6, 6.07) is 14.4. The third kappa shape index (κ3) is 5.31. The lowest BCUT2D eigenvalue weighted by molar-refractivity contribution is 0.102. The number of anilines is 3. The second kappa shape index (κ2) is 9.47. The topological polar surface area (TPSA) is 98.1 Å². The molecular formula is C22H17Cl2N5O2. The fourth-order valence-electron chi connectivity index (χ4n) is 2.77. The van der Waals surface area contributed by atoms with E-state index in [-0.39, 0.29) is 11.3 Å². The van der Waals surface area contributed by atoms with Crippen LogP contribution in [0.5, 0.6) is 0 Å². The zero-order chi connectivity index (χ0) is 22.5. The molecule has 156 valence electrons. The van der Waals surface area contributed by atoms with E-state index < -0.39 is 11.8 Å². The molecule has 2 aromatic carbocycles. The average molecular weight is 454 g/mol. The predicted octanol–water partition coefficient (Wildman–Crippen LogP) is 4.83. The number of hydrogen-bond acceptors (Lipinski definition) is 5. The van der Waals surface area contributed by atoms with E-state index in [9.17, 15) is 9.59 Å². The van der Waals surface area contributed by atoms with E-state index in [2.05, 4.69) is 15.6 Å². The lowest BCUT2D eigenvalue weighted by atomic mass is 10.1. The lowest BCUT2D eigenvalue weighted by Gasteiger charge is -2.21. The monoisotopic (exact) mass is 453 g/mol. The number of benzene rings is 2. The van der Waals surface area contributed by atoms with E-state index >= 15 is 0 Å². The van der Waals surface area contributed by atoms with Crippen molar-refractivity contribution in [1.29, 1.82) is 5.26 Å². The first-order valence-corrected chi connectivity index (χ1v) is 9.79. The number of carbonyl (C=O) groups is 2. The quantitative estimate of drug-likeness (QED) is 0.576. The minimum Gasteiger partial charge on any atom is -0.376 e. The van der Waals surface area contributed by atoms with Gasteiger partial charge < -0.3 is 15.5 Å². The fraction of sp³-hybridized carbons (Fsp3) is 0.0909. The van der Waals surface area contributed by atoms with Crippen molar-refractivity contribution in [3.8, 4) is 6.07 Å². The molecular weight excluding hydrogens is 437 g/mol. The second-order valence-corrected chi connectivity index (χ2v) is 7.57. The first-order valence-electron chi connectivity index (χ1n) is 9.04. The van der Waals surface area contributed by atoms with Crippen LogP contribution in [0.15, 0.2) is 54.7 Å². The van der Waals surface area contributed by atoms with E-state index in [0.29, 0.717) is 32.7 Å². The molecule has 7 nitrogen and oxygen atoms in total. The van der Waals surface area contributed by atoms with Crippen molar-refractivity contribution in [3.05, 3.63) is 81.5 Å². The number of rotatable bonds is 5. The van der Waals surface area contributed by atoms with Gasteiger partial charge in [-0.05, 0) is 48.5 Å². The molecule has 2 N–H and O–H groups in total. The number of hydrogen-bond donors (Lipinski definition) is 2. The summed E-state index contributed by atoms with van der Waals surface area (Å²) < 4.78 is 0. The second-order valence-electron chi connectivity index (χ2n) is 6.70. The molecule has 0 unspecified atom stereocenters. The summed E-state index contributed by atoms with van der Waals surface area (Å²) >= 11 is 12.1. The van der Waals surface area contributed by atoms with Crippen molar-refractivity contribution in [2.24, 2.45) is 0 Å². The van der Waals surface area contributed by atoms with Gasteiger partial charge in [0.05, 0.1) is 33.6 Å². The van der Waals surface area contributed by atoms with E-state index in [4.69, 9.17) is 28.5 Å². The molecule has 0 aliphatic heterocycles. The van der Waals surface area contributed by atoms with Crippen LogP contribution < -0.4 is 15.5 Å². The average Bonchev–Trinajstić information content (AvgIpc) is 2.76. The van der Waals surface area contributed by atoms with Crippen LogP contribution in [0.4, 0.5) is 17.2 Å². The van der Waals surface area contributed by atoms with Gasteiger partial charge in [0.15, 0.2) is 0 Å². The van der Waals surface area contributed by atoms with Gasteiger partial charge in [-0.1, -0.05) is 23.2 Å². The van der Waals surface area contributed by atoms with Crippen molar-refractivity contribution >= 4 is 52.2 Å². The van der Waals surface area contributed by atoms with Gasteiger partial charge in [0.2, 0.25) is 0 Å². The number of nitrogens with one attached hydrogen (secondary N) is 2. The molecule has 3 rings (SSSR count). The zero-order valence-electron chi connectivity index (χ0n) is 16.6. The molecule has 0 saturated heterocycles. The first kappa shape index (κ1) is 22.1. The van der Waals surface area contributed by atoms with E-state index in [1.807, 2.05) is 6.07 Å². The maximum atomic E-state index is 13.0. The molecule has 0 atom stereocenters. The zero-order valence-corrected chi connectivity index (χ0v) is 18.1. The maximum absolute atomic E-state index is 13.0. The number of amides is 2. The first-order chi connectivity index (χ1) is 14.8. The van der Waals surface area contributed by atoms with Crippen molar-refractivity contribution in [2.75, 3.05) is 29.6 Å². The number of nitriles is 1. The van der Waals surface area contributed by atoms with Crippen LogP contribution in [0.2, 0.25) is 10.0 Å². The Morgan fingerprint density at radius 1 is 0.968 bits per heavy atom. The van der Waals surface area contributed by atoms with Crippen LogP contribution in [-0.2, 0) is 0 Å². The summed E-state index contributed by atoms with van der Waals surface area (Å²) in [5.41, 5.74) is 1.77. The highest BCUT2D eigenvalue weighted by Gasteiger charge is 2.21. The number of nitrogens with zero attached hydrogens (tertiary/aromatic N) is 3. The highest BCUT2D eigenvalue weighted by molar-refractivity contribution is 6.32. The van der Waals surface area contributed by atoms with Gasteiger partial charge in [0, 0.05) is 30.9 Å². The van der Waals surface area contributed by atoms with Crippen molar-refractivity contribution in [3.63, 3.8) is 0 Å². The molecule has 0 aliphatic carbocycles. The minimum atomic E-state index is -0.504. The molecule has 2 amide bonds. The third-order valence-corrected chi connectivity index (χ3v) is 4.73. The van der Waals surface area contributed by atoms with Gasteiger partial charge in [0.25, 0.3) is 11.8 Å². The summed E-state index contributed by atoms with van der Waals surface area (Å²) in [6.45, 7) is 0. The van der Waals surface area contributed by atoms with Crippen LogP contribution >= 0.6 is 23.2 Å². The van der Waals surface area contributed by atoms with Crippen LogP contribution in [-0.4, -0.2) is 30.9 Å². The Labute approximate surface area is 189 Å². The number of aromatic nitrogens is 1. The van der Waals surface area contributed by atoms with Crippen LogP contribution in [0.1, 0.15) is 26.3 Å². The number of halogens is 2. The van der Waals surface area contributed by atoms with Gasteiger partial charge in [-0.3, -0.25) is 9.59 Å². The molecule has 3 aromatic rings. The van der Waals surface area contributed by atoms with Gasteiger partial charge in [0.1, 0.15) is 5.82 Å². The van der Waals surface area contributed by atoms with Gasteiger partial charge in [-0.25, -0.2) is 4.98 Å². The summed E-state index contributed by atoms with van der Waals surface area (Å²) in [6.07, 6.45) is 1.41. The van der Waals surface area contributed by atoms with Gasteiger partial charge in [-0.15, -0.1) is 0 Å². The highest BCUT2D eigenvalue weighted by atomic mass is 35.5. The molecule has 0 fully saturated rings. The van der Waals surface area contributed by atoms with E-state index in [0.717, 1.165) is 0 Å². The third-order valence-electron chi connectivity index (χ3n) is 4.29. The SMILES string of the molecule is CN(C)c1cc(Cl)cc(C(=O)Nc2ccc(Cl)cn2)c1NC(=O)c1ccc(C#N)cc1. The summed E-state index contributed by atoms with van der Waals surface area (Å²) in [4.78, 5) is 31.6. The molecule has 0 aliphatic rings. The lowest BCUT2D eigenvalue weighted by Crippen LogP contribution is -2.22. The summed E-state index contributed by atoms with van der Waals surface area (Å²) in [5, 5.41) is 15.2. The Morgan fingerprint density at radius 3 is 2.26 bits per heavy atom. The van der Waals surface area contributed by atoms with Gasteiger partial charge >= 0.3 is 0 Å². The smallest absolute Gasteiger partial charge is 0.259 e. The Hall–Kier alpha value is -3.60. The van der Waals surface area contributed by atoms with Crippen LogP contribution in [0.25, 0.3) is 0 Å². The largest absolute Gasteiger partial charge is 0.376 e. The molecule has 1 aromatic heterocycles. The van der Waals surface area contributed by atoms with Crippen LogP contribution in [0.3, 0.4) is 0 Å². The molecule has 0 bridgehead atoms. The maximum Gasteiger partial charge on any atom is 0.259 e. The molecule has 0 saturated carbocycles. The normalized spacial score (nSPS) is 10.2. The molecule has 1 heterocycles. The van der Waals surface area contributed by atoms with Crippen molar-refractivity contribution in [1.82, 2.24) is 4.98 Å². The van der Waals surface area contributed by atoms with E-state index in [1.54, 1.807) is 49.3 Å². The molecule has 31 heavy (non-hydrogen) atoms. The Kier molecular flexibility index (Phi) is 6.75. The molecule has 0 spiro atoms. The standard InChI is InChI=1S/C22H17Cl2N5O2/c1-29(2)18-10-16(24)9-17(22(31)27-19-8-7-15(23)12-26-19)20(18)28-21(30)14-5-3-13(11-25)4-6-14/h3-10,12H,1-2H3,(H,28,30)(H,26,27,31). The predicted molar refractivity (Wildman–Crippen MR) is 122 cm³/mol.